The predicted octanol–water partition coefficient (Wildman–Crippen LogP) is 3.16. The van der Waals surface area contributed by atoms with E-state index in [4.69, 9.17) is 9.47 Å². The van der Waals surface area contributed by atoms with Crippen LogP contribution < -0.4 is 9.47 Å². The fourth-order valence-corrected chi connectivity index (χ4v) is 4.33. The number of rotatable bonds is 2. The second kappa shape index (κ2) is 5.85. The Morgan fingerprint density at radius 3 is 2.52 bits per heavy atom. The average Bonchev–Trinajstić information content (AvgIpc) is 2.61. The molecule has 2 aliphatic heterocycles. The Morgan fingerprint density at radius 1 is 1.00 bits per heavy atom. The van der Waals surface area contributed by atoms with Gasteiger partial charge in [0.05, 0.1) is 14.2 Å². The smallest absolute Gasteiger partial charge is 0.165 e. The molecule has 0 amide bonds. The third-order valence-electron chi connectivity index (χ3n) is 5.58. The molecule has 2 aromatic rings. The zero-order chi connectivity index (χ0) is 17.7. The van der Waals surface area contributed by atoms with Gasteiger partial charge in [-0.05, 0) is 54.7 Å². The van der Waals surface area contributed by atoms with E-state index >= 15 is 0 Å². The maximum Gasteiger partial charge on any atom is 0.165 e. The monoisotopic (exact) mass is 341 g/mol. The molecule has 25 heavy (non-hydrogen) atoms. The summed E-state index contributed by atoms with van der Waals surface area (Å²) in [5.41, 5.74) is 4.64. The quantitative estimate of drug-likeness (QED) is 0.879. The first-order chi connectivity index (χ1) is 12.0. The van der Waals surface area contributed by atoms with Crippen molar-refractivity contribution in [3.8, 4) is 23.0 Å². The highest BCUT2D eigenvalue weighted by Gasteiger charge is 2.37. The maximum absolute atomic E-state index is 10.2. The molecule has 2 heterocycles. The predicted molar refractivity (Wildman–Crippen MR) is 94.5 cm³/mol. The van der Waals surface area contributed by atoms with Crippen LogP contribution in [0.1, 0.15) is 35.2 Å². The molecule has 2 atom stereocenters. The van der Waals surface area contributed by atoms with Crippen molar-refractivity contribution in [3.63, 3.8) is 0 Å². The van der Waals surface area contributed by atoms with Gasteiger partial charge in [0.25, 0.3) is 0 Å². The molecule has 0 unspecified atom stereocenters. The molecule has 0 bridgehead atoms. The molecule has 0 saturated heterocycles. The third kappa shape index (κ3) is 2.42. The fraction of sp³-hybridized carbons (Fsp3) is 0.400. The maximum atomic E-state index is 10.2. The summed E-state index contributed by atoms with van der Waals surface area (Å²) in [6.45, 7) is 2.94. The van der Waals surface area contributed by atoms with Crippen molar-refractivity contribution in [2.24, 2.45) is 0 Å². The first kappa shape index (κ1) is 16.1. The molecule has 0 saturated carbocycles. The molecule has 0 aliphatic carbocycles. The Balaban J connectivity index is 1.81. The minimum atomic E-state index is 0.185. The summed E-state index contributed by atoms with van der Waals surface area (Å²) in [6.07, 6.45) is 1.73. The van der Waals surface area contributed by atoms with Crippen molar-refractivity contribution in [2.45, 2.75) is 38.4 Å². The Morgan fingerprint density at radius 2 is 1.80 bits per heavy atom. The summed E-state index contributed by atoms with van der Waals surface area (Å²) < 4.78 is 10.7. The highest BCUT2D eigenvalue weighted by Crippen LogP contribution is 2.46. The highest BCUT2D eigenvalue weighted by molar-refractivity contribution is 5.54. The van der Waals surface area contributed by atoms with Crippen LogP contribution in [0.15, 0.2) is 24.3 Å². The molecule has 5 heteroatoms. The Bertz CT molecular complexity index is 833. The highest BCUT2D eigenvalue weighted by atomic mass is 16.5. The molecule has 2 aromatic carbocycles. The lowest BCUT2D eigenvalue weighted by Gasteiger charge is -2.45. The number of methoxy groups -OCH3 is 2. The zero-order valence-electron chi connectivity index (χ0n) is 14.7. The summed E-state index contributed by atoms with van der Waals surface area (Å²) in [5, 5.41) is 20.3. The Labute approximate surface area is 147 Å². The normalized spacial score (nSPS) is 21.9. The summed E-state index contributed by atoms with van der Waals surface area (Å²) in [7, 11) is 3.18. The van der Waals surface area contributed by atoms with Gasteiger partial charge in [0.15, 0.2) is 23.0 Å². The zero-order valence-corrected chi connectivity index (χ0v) is 14.7. The van der Waals surface area contributed by atoms with Gasteiger partial charge in [-0.25, -0.2) is 0 Å². The molecule has 4 rings (SSSR count). The molecule has 0 fully saturated rings. The van der Waals surface area contributed by atoms with Crippen LogP contribution in [0.3, 0.4) is 0 Å². The van der Waals surface area contributed by atoms with E-state index in [0.717, 1.165) is 30.5 Å². The molecular formula is C20H23NO4. The number of benzene rings is 2. The Hall–Kier alpha value is -2.40. The SMILES string of the molecule is COc1cc2c(cc1O)[C@@H]1Cc3ccc(O)c(OC)c3CN1[C@H](C)C2. The second-order valence-corrected chi connectivity index (χ2v) is 6.92. The van der Waals surface area contributed by atoms with E-state index in [1.165, 1.54) is 11.1 Å². The lowest BCUT2D eigenvalue weighted by Crippen LogP contribution is -2.45. The van der Waals surface area contributed by atoms with Gasteiger partial charge >= 0.3 is 0 Å². The molecule has 0 aromatic heterocycles. The topological polar surface area (TPSA) is 62.2 Å². The van der Waals surface area contributed by atoms with Crippen molar-refractivity contribution >= 4 is 0 Å². The molecule has 2 aliphatic rings. The number of phenolic OH excluding ortho intramolecular Hbond substituents is 2. The van der Waals surface area contributed by atoms with E-state index in [2.05, 4.69) is 11.8 Å². The van der Waals surface area contributed by atoms with Gasteiger partial charge in [0, 0.05) is 24.2 Å². The summed E-state index contributed by atoms with van der Waals surface area (Å²) in [5.74, 6) is 1.48. The van der Waals surface area contributed by atoms with Crippen molar-refractivity contribution in [3.05, 3.63) is 46.5 Å². The van der Waals surface area contributed by atoms with Gasteiger partial charge in [-0.2, -0.15) is 0 Å². The number of phenols is 2. The molecule has 132 valence electrons. The van der Waals surface area contributed by atoms with Gasteiger partial charge in [-0.1, -0.05) is 6.07 Å². The van der Waals surface area contributed by atoms with Gasteiger partial charge in [-0.15, -0.1) is 0 Å². The number of ether oxygens (including phenoxy) is 2. The number of fused-ring (bicyclic) bond motifs is 4. The van der Waals surface area contributed by atoms with Crippen LogP contribution in [0.5, 0.6) is 23.0 Å². The first-order valence-electron chi connectivity index (χ1n) is 8.56. The number of nitrogens with zero attached hydrogens (tertiary/aromatic N) is 1. The van der Waals surface area contributed by atoms with E-state index in [1.54, 1.807) is 20.3 Å². The minimum Gasteiger partial charge on any atom is -0.504 e. The van der Waals surface area contributed by atoms with Crippen LogP contribution in [0.25, 0.3) is 0 Å². The summed E-state index contributed by atoms with van der Waals surface area (Å²) in [6, 6.07) is 8.05. The van der Waals surface area contributed by atoms with E-state index in [9.17, 15) is 10.2 Å². The van der Waals surface area contributed by atoms with E-state index < -0.39 is 0 Å². The van der Waals surface area contributed by atoms with Crippen molar-refractivity contribution in [2.75, 3.05) is 14.2 Å². The molecule has 2 N–H and O–H groups in total. The van der Waals surface area contributed by atoms with E-state index in [-0.39, 0.29) is 17.5 Å². The summed E-state index contributed by atoms with van der Waals surface area (Å²) >= 11 is 0. The first-order valence-corrected chi connectivity index (χ1v) is 8.56. The van der Waals surface area contributed by atoms with Crippen LogP contribution in [0.2, 0.25) is 0 Å². The van der Waals surface area contributed by atoms with Gasteiger partial charge in [0.2, 0.25) is 0 Å². The molecular weight excluding hydrogens is 318 g/mol. The third-order valence-corrected chi connectivity index (χ3v) is 5.58. The summed E-state index contributed by atoms with van der Waals surface area (Å²) in [4.78, 5) is 2.43. The second-order valence-electron chi connectivity index (χ2n) is 6.92. The standard InChI is InChI=1S/C20H23NO4/c1-11-6-13-8-19(24-2)18(23)9-14(13)16-7-12-4-5-17(22)20(25-3)15(12)10-21(11)16/h4-5,8-9,11,16,22-23H,6-7,10H2,1-3H3/t11-,16+/m1/s1. The van der Waals surface area contributed by atoms with Crippen molar-refractivity contribution in [1.29, 1.82) is 0 Å². The van der Waals surface area contributed by atoms with Crippen LogP contribution in [0.4, 0.5) is 0 Å². The van der Waals surface area contributed by atoms with E-state index in [1.807, 2.05) is 18.2 Å². The largest absolute Gasteiger partial charge is 0.504 e. The van der Waals surface area contributed by atoms with Crippen molar-refractivity contribution in [1.82, 2.24) is 4.90 Å². The molecule has 5 nitrogen and oxygen atoms in total. The van der Waals surface area contributed by atoms with Gasteiger partial charge in [0.1, 0.15) is 0 Å². The van der Waals surface area contributed by atoms with E-state index in [0.29, 0.717) is 17.5 Å². The minimum absolute atomic E-state index is 0.185. The van der Waals surface area contributed by atoms with Gasteiger partial charge in [-0.3, -0.25) is 4.90 Å². The lowest BCUT2D eigenvalue weighted by molar-refractivity contribution is 0.104. The number of aromatic hydroxyl groups is 2. The lowest BCUT2D eigenvalue weighted by atomic mass is 9.81. The van der Waals surface area contributed by atoms with Crippen LogP contribution in [0, 0.1) is 0 Å². The molecule has 0 spiro atoms. The van der Waals surface area contributed by atoms with Crippen LogP contribution in [-0.4, -0.2) is 35.4 Å². The number of hydrogen-bond acceptors (Lipinski definition) is 5. The van der Waals surface area contributed by atoms with Gasteiger partial charge < -0.3 is 19.7 Å². The fourth-order valence-electron chi connectivity index (χ4n) is 4.33. The average molecular weight is 341 g/mol. The Kier molecular flexibility index (Phi) is 3.76. The van der Waals surface area contributed by atoms with Crippen LogP contribution in [-0.2, 0) is 19.4 Å². The van der Waals surface area contributed by atoms with Crippen LogP contribution >= 0.6 is 0 Å². The number of hydrogen-bond donors (Lipinski definition) is 2. The van der Waals surface area contributed by atoms with Crippen molar-refractivity contribution < 1.29 is 19.7 Å². The molecule has 0 radical (unpaired) electrons.